The number of hydrogen-bond donors (Lipinski definition) is 1. The number of amides is 1. The van der Waals surface area contributed by atoms with Gasteiger partial charge in [0.2, 0.25) is 0 Å². The van der Waals surface area contributed by atoms with Gasteiger partial charge >= 0.3 is 5.97 Å². The normalized spacial score (nSPS) is 11.3. The molecule has 0 bridgehead atoms. The maximum absolute atomic E-state index is 12.4. The minimum absolute atomic E-state index is 0.0725. The van der Waals surface area contributed by atoms with E-state index >= 15 is 0 Å². The van der Waals surface area contributed by atoms with Crippen molar-refractivity contribution in [2.24, 2.45) is 0 Å². The first-order valence-electron chi connectivity index (χ1n) is 9.68. The molecule has 0 saturated carbocycles. The number of anilines is 1. The Morgan fingerprint density at radius 3 is 1.81 bits per heavy atom. The van der Waals surface area contributed by atoms with Crippen LogP contribution in [0.4, 0.5) is 5.69 Å². The Bertz CT molecular complexity index is 1100. The van der Waals surface area contributed by atoms with Crippen molar-refractivity contribution in [3.05, 3.63) is 101 Å². The number of ketones is 2. The monoisotopic (exact) mass is 415 g/mol. The molecule has 0 fully saturated rings. The number of benzene rings is 3. The topological polar surface area (TPSA) is 89.5 Å². The van der Waals surface area contributed by atoms with Gasteiger partial charge in [0.1, 0.15) is 0 Å². The molecule has 1 atom stereocenters. The summed E-state index contributed by atoms with van der Waals surface area (Å²) in [7, 11) is 0. The van der Waals surface area contributed by atoms with Gasteiger partial charge in [0.15, 0.2) is 17.7 Å². The number of nitrogens with one attached hydrogen (secondary N) is 1. The largest absolute Gasteiger partial charge is 0.449 e. The van der Waals surface area contributed by atoms with E-state index in [9.17, 15) is 19.2 Å². The molecule has 0 radical (unpaired) electrons. The van der Waals surface area contributed by atoms with E-state index in [1.807, 2.05) is 6.07 Å². The number of rotatable bonds is 7. The fraction of sp³-hybridized carbons (Fsp3) is 0.120. The number of esters is 1. The average Bonchev–Trinajstić information content (AvgIpc) is 2.79. The number of carbonyl (C=O) groups is 4. The van der Waals surface area contributed by atoms with Gasteiger partial charge in [-0.05, 0) is 50.2 Å². The van der Waals surface area contributed by atoms with Gasteiger partial charge in [-0.1, -0.05) is 42.5 Å². The Hall–Kier alpha value is -4.06. The molecule has 3 aromatic carbocycles. The van der Waals surface area contributed by atoms with Crippen molar-refractivity contribution in [1.82, 2.24) is 0 Å². The molecule has 1 amide bonds. The van der Waals surface area contributed by atoms with E-state index in [0.29, 0.717) is 22.4 Å². The summed E-state index contributed by atoms with van der Waals surface area (Å²) in [6.45, 7) is 2.92. The van der Waals surface area contributed by atoms with Crippen LogP contribution in [0.25, 0.3) is 0 Å². The van der Waals surface area contributed by atoms with Crippen LogP contribution in [0.2, 0.25) is 0 Å². The van der Waals surface area contributed by atoms with Crippen molar-refractivity contribution in [2.45, 2.75) is 20.0 Å². The first-order chi connectivity index (χ1) is 14.8. The molecule has 3 aromatic rings. The molecule has 1 N–H and O–H groups in total. The van der Waals surface area contributed by atoms with Crippen LogP contribution in [0, 0.1) is 0 Å². The van der Waals surface area contributed by atoms with Gasteiger partial charge < -0.3 is 10.1 Å². The summed E-state index contributed by atoms with van der Waals surface area (Å²) in [5, 5.41) is 2.63. The molecule has 0 unspecified atom stereocenters. The van der Waals surface area contributed by atoms with Gasteiger partial charge in [-0.2, -0.15) is 0 Å². The molecular formula is C25H21NO5. The van der Waals surface area contributed by atoms with Crippen molar-refractivity contribution in [3.63, 3.8) is 0 Å². The molecule has 0 heterocycles. The van der Waals surface area contributed by atoms with Crippen LogP contribution in [-0.4, -0.2) is 29.5 Å². The van der Waals surface area contributed by atoms with Crippen LogP contribution in [0.1, 0.15) is 50.5 Å². The summed E-state index contributed by atoms with van der Waals surface area (Å²) in [5.74, 6) is -1.39. The SMILES string of the molecule is CC(=O)c1ccc(NC(=O)[C@@H](C)OC(=O)c2ccc(C(=O)c3ccccc3)cc2)cc1. The summed E-state index contributed by atoms with van der Waals surface area (Å²) in [5.41, 5.74) is 2.26. The summed E-state index contributed by atoms with van der Waals surface area (Å²) in [6, 6.07) is 21.3. The minimum atomic E-state index is -1.04. The number of hydrogen-bond acceptors (Lipinski definition) is 5. The zero-order chi connectivity index (χ0) is 22.4. The second kappa shape index (κ2) is 9.63. The number of Topliss-reactive ketones (excluding diaryl/α,β-unsaturated/α-hetero) is 1. The predicted octanol–water partition coefficient (Wildman–Crippen LogP) is 4.30. The zero-order valence-corrected chi connectivity index (χ0v) is 17.1. The average molecular weight is 415 g/mol. The second-order valence-corrected chi connectivity index (χ2v) is 6.94. The quantitative estimate of drug-likeness (QED) is 0.459. The Morgan fingerprint density at radius 2 is 1.23 bits per heavy atom. The third kappa shape index (κ3) is 5.51. The van der Waals surface area contributed by atoms with E-state index in [4.69, 9.17) is 4.74 Å². The highest BCUT2D eigenvalue weighted by molar-refractivity contribution is 6.09. The Labute approximate surface area is 179 Å². The Morgan fingerprint density at radius 1 is 0.710 bits per heavy atom. The van der Waals surface area contributed by atoms with Crippen LogP contribution in [0.15, 0.2) is 78.9 Å². The van der Waals surface area contributed by atoms with Crippen LogP contribution in [0.3, 0.4) is 0 Å². The summed E-state index contributed by atoms with van der Waals surface area (Å²) in [4.78, 5) is 48.4. The first-order valence-corrected chi connectivity index (χ1v) is 9.68. The van der Waals surface area contributed by atoms with E-state index in [2.05, 4.69) is 5.32 Å². The van der Waals surface area contributed by atoms with E-state index in [-0.39, 0.29) is 17.1 Å². The fourth-order valence-electron chi connectivity index (χ4n) is 2.83. The lowest BCUT2D eigenvalue weighted by Crippen LogP contribution is -2.30. The van der Waals surface area contributed by atoms with Crippen molar-refractivity contribution in [1.29, 1.82) is 0 Å². The smallest absolute Gasteiger partial charge is 0.338 e. The van der Waals surface area contributed by atoms with Gasteiger partial charge in [0.25, 0.3) is 5.91 Å². The summed E-state index contributed by atoms with van der Waals surface area (Å²) in [6.07, 6.45) is -1.04. The molecule has 0 aliphatic carbocycles. The van der Waals surface area contributed by atoms with Gasteiger partial charge in [0, 0.05) is 22.4 Å². The van der Waals surface area contributed by atoms with E-state index < -0.39 is 18.0 Å². The van der Waals surface area contributed by atoms with Crippen molar-refractivity contribution >= 4 is 29.1 Å². The Kier molecular flexibility index (Phi) is 6.72. The van der Waals surface area contributed by atoms with Crippen LogP contribution >= 0.6 is 0 Å². The molecule has 3 rings (SSSR count). The molecular weight excluding hydrogens is 394 g/mol. The molecule has 0 saturated heterocycles. The molecule has 0 spiro atoms. The van der Waals surface area contributed by atoms with Crippen molar-refractivity contribution < 1.29 is 23.9 Å². The molecule has 0 aromatic heterocycles. The highest BCUT2D eigenvalue weighted by Crippen LogP contribution is 2.14. The molecule has 6 heteroatoms. The lowest BCUT2D eigenvalue weighted by molar-refractivity contribution is -0.123. The van der Waals surface area contributed by atoms with Crippen LogP contribution < -0.4 is 5.32 Å². The highest BCUT2D eigenvalue weighted by Gasteiger charge is 2.19. The van der Waals surface area contributed by atoms with E-state index in [1.54, 1.807) is 60.7 Å². The molecule has 0 aliphatic rings. The maximum atomic E-state index is 12.4. The van der Waals surface area contributed by atoms with E-state index in [1.165, 1.54) is 26.0 Å². The van der Waals surface area contributed by atoms with Gasteiger partial charge in [-0.15, -0.1) is 0 Å². The highest BCUT2D eigenvalue weighted by atomic mass is 16.5. The number of ether oxygens (including phenoxy) is 1. The first kappa shape index (κ1) is 21.6. The van der Waals surface area contributed by atoms with Crippen LogP contribution in [-0.2, 0) is 9.53 Å². The van der Waals surface area contributed by atoms with Gasteiger partial charge in [0.05, 0.1) is 5.56 Å². The van der Waals surface area contributed by atoms with Gasteiger partial charge in [-0.3, -0.25) is 14.4 Å². The molecule has 6 nitrogen and oxygen atoms in total. The summed E-state index contributed by atoms with van der Waals surface area (Å²) < 4.78 is 5.23. The van der Waals surface area contributed by atoms with Crippen molar-refractivity contribution in [3.8, 4) is 0 Å². The maximum Gasteiger partial charge on any atom is 0.338 e. The molecule has 31 heavy (non-hydrogen) atoms. The molecule has 156 valence electrons. The van der Waals surface area contributed by atoms with Crippen molar-refractivity contribution in [2.75, 3.05) is 5.32 Å². The summed E-state index contributed by atoms with van der Waals surface area (Å²) >= 11 is 0. The third-order valence-corrected chi connectivity index (χ3v) is 4.63. The lowest BCUT2D eigenvalue weighted by Gasteiger charge is -2.14. The zero-order valence-electron chi connectivity index (χ0n) is 17.1. The third-order valence-electron chi connectivity index (χ3n) is 4.63. The lowest BCUT2D eigenvalue weighted by atomic mass is 10.0. The van der Waals surface area contributed by atoms with Gasteiger partial charge in [-0.25, -0.2) is 4.79 Å². The second-order valence-electron chi connectivity index (χ2n) is 6.94. The fourth-order valence-corrected chi connectivity index (χ4v) is 2.83. The Balaban J connectivity index is 1.59. The molecule has 0 aliphatic heterocycles. The van der Waals surface area contributed by atoms with Crippen LogP contribution in [0.5, 0.6) is 0 Å². The van der Waals surface area contributed by atoms with E-state index in [0.717, 1.165) is 0 Å². The standard InChI is InChI=1S/C25H21NO5/c1-16(27)18-12-14-22(15-13-18)26-24(29)17(2)31-25(30)21-10-8-20(9-11-21)23(28)19-6-4-3-5-7-19/h3-15,17H,1-2H3,(H,26,29)/t17-/m1/s1. The minimum Gasteiger partial charge on any atom is -0.449 e. The predicted molar refractivity (Wildman–Crippen MR) is 116 cm³/mol. The number of carbonyl (C=O) groups excluding carboxylic acids is 4.